The van der Waals surface area contributed by atoms with Gasteiger partial charge in [0.15, 0.2) is 11.5 Å². The van der Waals surface area contributed by atoms with Crippen molar-refractivity contribution in [3.63, 3.8) is 0 Å². The Balaban J connectivity index is 3.19. The monoisotopic (exact) mass is 308 g/mol. The molecule has 2 N–H and O–H groups in total. The molecule has 6 nitrogen and oxygen atoms in total. The Morgan fingerprint density at radius 2 is 1.77 bits per heavy atom. The molecule has 0 aromatic heterocycles. The lowest BCUT2D eigenvalue weighted by molar-refractivity contribution is -0.153. The van der Waals surface area contributed by atoms with E-state index in [1.807, 2.05) is 0 Å². The average Bonchev–Trinajstić information content (AvgIpc) is 2.38. The summed E-state index contributed by atoms with van der Waals surface area (Å²) < 4.78 is 10.0. The van der Waals surface area contributed by atoms with Crippen LogP contribution in [0, 0.1) is 0 Å². The van der Waals surface area contributed by atoms with E-state index in [0.29, 0.717) is 5.56 Å². The number of hydrogen-bond acceptors (Lipinski definition) is 6. The maximum absolute atomic E-state index is 12.1. The zero-order valence-corrected chi connectivity index (χ0v) is 13.0. The summed E-state index contributed by atoms with van der Waals surface area (Å²) in [6.07, 6.45) is 1.24. The van der Waals surface area contributed by atoms with Crippen LogP contribution in [-0.4, -0.2) is 34.4 Å². The van der Waals surface area contributed by atoms with Crippen LogP contribution in [0.3, 0.4) is 0 Å². The number of phenolic OH excluding ortho intramolecular Hbond substituents is 2. The van der Waals surface area contributed by atoms with Gasteiger partial charge in [0.2, 0.25) is 0 Å². The molecular weight excluding hydrogens is 288 g/mol. The largest absolute Gasteiger partial charge is 0.504 e. The summed E-state index contributed by atoms with van der Waals surface area (Å²) in [6, 6.07) is 3.91. The SMILES string of the molecule is CCOC(=O)/C(=C/c1ccc(O)c(O)c1)C(=O)OC(C)(C)C. The second-order valence-electron chi connectivity index (χ2n) is 5.53. The number of carbonyl (C=O) groups excluding carboxylic acids is 2. The smallest absolute Gasteiger partial charge is 0.346 e. The molecule has 0 aliphatic rings. The van der Waals surface area contributed by atoms with Gasteiger partial charge in [0, 0.05) is 0 Å². The molecular formula is C16H20O6. The molecule has 0 atom stereocenters. The second-order valence-corrected chi connectivity index (χ2v) is 5.53. The number of phenols is 2. The fraction of sp³-hybridized carbons (Fsp3) is 0.375. The van der Waals surface area contributed by atoms with Crippen molar-refractivity contribution in [3.8, 4) is 11.5 Å². The van der Waals surface area contributed by atoms with E-state index in [4.69, 9.17) is 9.47 Å². The first-order chi connectivity index (χ1) is 10.1. The minimum absolute atomic E-state index is 0.111. The van der Waals surface area contributed by atoms with Crippen LogP contribution in [-0.2, 0) is 19.1 Å². The zero-order valence-electron chi connectivity index (χ0n) is 13.0. The van der Waals surface area contributed by atoms with Gasteiger partial charge in [0.25, 0.3) is 0 Å². The topological polar surface area (TPSA) is 93.1 Å². The van der Waals surface area contributed by atoms with Crippen LogP contribution in [0.2, 0.25) is 0 Å². The maximum atomic E-state index is 12.1. The Bertz CT molecular complexity index is 595. The lowest BCUT2D eigenvalue weighted by atomic mass is 10.1. The molecule has 0 saturated carbocycles. The van der Waals surface area contributed by atoms with Crippen molar-refractivity contribution in [1.82, 2.24) is 0 Å². The van der Waals surface area contributed by atoms with E-state index < -0.39 is 17.5 Å². The summed E-state index contributed by atoms with van der Waals surface area (Å²) in [5.74, 6) is -2.30. The molecule has 0 fully saturated rings. The van der Waals surface area contributed by atoms with Crippen LogP contribution >= 0.6 is 0 Å². The van der Waals surface area contributed by atoms with Crippen molar-refractivity contribution in [3.05, 3.63) is 29.3 Å². The molecule has 0 radical (unpaired) electrons. The van der Waals surface area contributed by atoms with Crippen molar-refractivity contribution in [2.75, 3.05) is 6.61 Å². The van der Waals surface area contributed by atoms with E-state index in [0.717, 1.165) is 0 Å². The van der Waals surface area contributed by atoms with E-state index in [2.05, 4.69) is 0 Å². The van der Waals surface area contributed by atoms with E-state index in [9.17, 15) is 19.8 Å². The molecule has 1 aromatic rings. The molecule has 0 amide bonds. The highest BCUT2D eigenvalue weighted by Gasteiger charge is 2.26. The summed E-state index contributed by atoms with van der Waals surface area (Å²) in [6.45, 7) is 6.77. The third kappa shape index (κ3) is 5.12. The second kappa shape index (κ2) is 6.98. The van der Waals surface area contributed by atoms with Crippen LogP contribution in [0.25, 0.3) is 6.08 Å². The van der Waals surface area contributed by atoms with E-state index in [-0.39, 0.29) is 23.7 Å². The van der Waals surface area contributed by atoms with Gasteiger partial charge in [-0.15, -0.1) is 0 Å². The predicted molar refractivity (Wildman–Crippen MR) is 80.2 cm³/mol. The van der Waals surface area contributed by atoms with Crippen molar-refractivity contribution in [1.29, 1.82) is 0 Å². The van der Waals surface area contributed by atoms with Gasteiger partial charge >= 0.3 is 11.9 Å². The molecule has 1 aromatic carbocycles. The molecule has 0 bridgehead atoms. The first kappa shape index (κ1) is 17.6. The van der Waals surface area contributed by atoms with Crippen LogP contribution < -0.4 is 0 Å². The highest BCUT2D eigenvalue weighted by Crippen LogP contribution is 2.26. The van der Waals surface area contributed by atoms with Gasteiger partial charge < -0.3 is 19.7 Å². The van der Waals surface area contributed by atoms with E-state index >= 15 is 0 Å². The Morgan fingerprint density at radius 3 is 2.27 bits per heavy atom. The van der Waals surface area contributed by atoms with Gasteiger partial charge in [-0.25, -0.2) is 9.59 Å². The van der Waals surface area contributed by atoms with Gasteiger partial charge in [-0.2, -0.15) is 0 Å². The Hall–Kier alpha value is -2.50. The number of rotatable bonds is 4. The molecule has 0 spiro atoms. The maximum Gasteiger partial charge on any atom is 0.346 e. The molecule has 22 heavy (non-hydrogen) atoms. The van der Waals surface area contributed by atoms with Crippen LogP contribution in [0.5, 0.6) is 11.5 Å². The summed E-state index contributed by atoms with van der Waals surface area (Å²) >= 11 is 0. The number of esters is 2. The lowest BCUT2D eigenvalue weighted by Gasteiger charge is -2.20. The zero-order chi connectivity index (χ0) is 16.9. The first-order valence-corrected chi connectivity index (χ1v) is 6.78. The summed E-state index contributed by atoms with van der Waals surface area (Å²) in [5, 5.41) is 18.7. The van der Waals surface area contributed by atoms with E-state index in [1.165, 1.54) is 24.3 Å². The van der Waals surface area contributed by atoms with Crippen molar-refractivity contribution in [2.45, 2.75) is 33.3 Å². The summed E-state index contributed by atoms with van der Waals surface area (Å²) in [4.78, 5) is 24.1. The molecule has 0 unspecified atom stereocenters. The molecule has 0 aliphatic carbocycles. The van der Waals surface area contributed by atoms with Crippen LogP contribution in [0.4, 0.5) is 0 Å². The normalized spacial score (nSPS) is 11.9. The number of benzene rings is 1. The fourth-order valence-corrected chi connectivity index (χ4v) is 1.54. The van der Waals surface area contributed by atoms with Crippen LogP contribution in [0.1, 0.15) is 33.3 Å². The fourth-order valence-electron chi connectivity index (χ4n) is 1.54. The van der Waals surface area contributed by atoms with Gasteiger partial charge in [0.05, 0.1) is 6.61 Å². The quantitative estimate of drug-likeness (QED) is 0.292. The number of aromatic hydroxyl groups is 2. The highest BCUT2D eigenvalue weighted by atomic mass is 16.6. The molecule has 0 saturated heterocycles. The van der Waals surface area contributed by atoms with Gasteiger partial charge in [0.1, 0.15) is 11.2 Å². The Morgan fingerprint density at radius 1 is 1.14 bits per heavy atom. The van der Waals surface area contributed by atoms with E-state index in [1.54, 1.807) is 27.7 Å². The molecule has 0 aliphatic heterocycles. The first-order valence-electron chi connectivity index (χ1n) is 6.78. The van der Waals surface area contributed by atoms with Crippen LogP contribution in [0.15, 0.2) is 23.8 Å². The summed E-state index contributed by atoms with van der Waals surface area (Å²) in [5.41, 5.74) is -0.703. The molecule has 1 rings (SSSR count). The molecule has 0 heterocycles. The molecule has 6 heteroatoms. The van der Waals surface area contributed by atoms with Gasteiger partial charge in [-0.1, -0.05) is 6.07 Å². The van der Waals surface area contributed by atoms with Crippen molar-refractivity contribution >= 4 is 18.0 Å². The molecule has 120 valence electrons. The van der Waals surface area contributed by atoms with Crippen molar-refractivity contribution < 1.29 is 29.3 Å². The minimum Gasteiger partial charge on any atom is -0.504 e. The number of hydrogen-bond donors (Lipinski definition) is 2. The number of carbonyl (C=O) groups is 2. The number of ether oxygens (including phenoxy) is 2. The predicted octanol–water partition coefficient (Wildman–Crippen LogP) is 2.39. The van der Waals surface area contributed by atoms with Gasteiger partial charge in [-0.05, 0) is 51.5 Å². The lowest BCUT2D eigenvalue weighted by Crippen LogP contribution is -2.28. The standard InChI is InChI=1S/C16H20O6/c1-5-21-14(19)11(15(20)22-16(2,3)4)8-10-6-7-12(17)13(18)9-10/h6-9,17-18H,5H2,1-4H3/b11-8-. The Labute approximate surface area is 129 Å². The van der Waals surface area contributed by atoms with Crippen molar-refractivity contribution in [2.24, 2.45) is 0 Å². The van der Waals surface area contributed by atoms with Gasteiger partial charge in [-0.3, -0.25) is 0 Å². The third-order valence-electron chi connectivity index (χ3n) is 2.42. The highest BCUT2D eigenvalue weighted by molar-refractivity contribution is 6.17. The average molecular weight is 308 g/mol. The minimum atomic E-state index is -0.821. The summed E-state index contributed by atoms with van der Waals surface area (Å²) in [7, 11) is 0. The Kier molecular flexibility index (Phi) is 5.56. The third-order valence-corrected chi connectivity index (χ3v) is 2.42.